The minimum absolute atomic E-state index is 0.145. The zero-order valence-electron chi connectivity index (χ0n) is 10.7. The summed E-state index contributed by atoms with van der Waals surface area (Å²) in [4.78, 5) is 14.4. The summed E-state index contributed by atoms with van der Waals surface area (Å²) < 4.78 is 14.4. The molecule has 1 heterocycles. The van der Waals surface area contributed by atoms with E-state index >= 15 is 0 Å². The molecule has 2 fully saturated rings. The van der Waals surface area contributed by atoms with Crippen molar-refractivity contribution in [1.29, 1.82) is 0 Å². The number of hydrogen-bond acceptors (Lipinski definition) is 1. The van der Waals surface area contributed by atoms with Gasteiger partial charge in [-0.05, 0) is 53.2 Å². The van der Waals surface area contributed by atoms with Crippen LogP contribution < -0.4 is 0 Å². The molecule has 3 rings (SSSR count). The first-order chi connectivity index (χ1) is 9.18. The number of benzene rings is 1. The molecule has 1 aromatic carbocycles. The molecule has 1 saturated heterocycles. The average molecular weight is 326 g/mol. The molecule has 2 atom stereocenters. The maximum atomic E-state index is 14.0. The molecule has 4 heteroatoms. The van der Waals surface area contributed by atoms with E-state index in [1.54, 1.807) is 18.2 Å². The molecule has 0 N–H and O–H groups in total. The first-order valence-corrected chi connectivity index (χ1v) is 7.73. The lowest BCUT2D eigenvalue weighted by molar-refractivity contribution is 0.0685. The smallest absolute Gasteiger partial charge is 0.257 e. The fraction of sp³-hybridized carbons (Fsp3) is 0.533. The molecule has 0 aromatic heterocycles. The number of hydrogen-bond donors (Lipinski definition) is 0. The van der Waals surface area contributed by atoms with Gasteiger partial charge in [-0.15, -0.1) is 0 Å². The Morgan fingerprint density at radius 2 is 2.05 bits per heavy atom. The molecule has 2 nitrogen and oxygen atoms in total. The van der Waals surface area contributed by atoms with Crippen molar-refractivity contribution in [2.24, 2.45) is 5.92 Å². The predicted octanol–water partition coefficient (Wildman–Crippen LogP) is 3.99. The van der Waals surface area contributed by atoms with Gasteiger partial charge >= 0.3 is 0 Å². The summed E-state index contributed by atoms with van der Waals surface area (Å²) in [6.45, 7) is 0.778. The largest absolute Gasteiger partial charge is 0.335 e. The van der Waals surface area contributed by atoms with Crippen molar-refractivity contribution in [3.63, 3.8) is 0 Å². The molecule has 19 heavy (non-hydrogen) atoms. The van der Waals surface area contributed by atoms with Crippen molar-refractivity contribution >= 4 is 21.8 Å². The van der Waals surface area contributed by atoms with Gasteiger partial charge in [-0.2, -0.15) is 0 Å². The Morgan fingerprint density at radius 3 is 2.89 bits per heavy atom. The van der Waals surface area contributed by atoms with E-state index in [1.807, 2.05) is 4.90 Å². The Bertz CT molecular complexity index is 505. The Labute approximate surface area is 121 Å². The van der Waals surface area contributed by atoms with Crippen LogP contribution >= 0.6 is 15.9 Å². The zero-order valence-corrected chi connectivity index (χ0v) is 12.3. The number of fused-ring (bicyclic) bond motifs is 1. The van der Waals surface area contributed by atoms with Gasteiger partial charge in [-0.25, -0.2) is 4.39 Å². The molecule has 0 bridgehead atoms. The van der Waals surface area contributed by atoms with Crippen molar-refractivity contribution in [3.8, 4) is 0 Å². The van der Waals surface area contributed by atoms with Crippen LogP contribution in [0.3, 0.4) is 0 Å². The third kappa shape index (κ3) is 2.31. The van der Waals surface area contributed by atoms with Crippen molar-refractivity contribution in [3.05, 3.63) is 34.1 Å². The summed E-state index contributed by atoms with van der Waals surface area (Å²) in [7, 11) is 0. The third-order valence-electron chi connectivity index (χ3n) is 4.45. The molecule has 102 valence electrons. The minimum Gasteiger partial charge on any atom is -0.335 e. The molecule has 1 amide bonds. The molecule has 1 aromatic rings. The van der Waals surface area contributed by atoms with Gasteiger partial charge in [0.15, 0.2) is 0 Å². The van der Waals surface area contributed by atoms with Crippen LogP contribution in [0.4, 0.5) is 4.39 Å². The highest BCUT2D eigenvalue weighted by molar-refractivity contribution is 9.10. The number of rotatable bonds is 1. The number of nitrogens with zero attached hydrogens (tertiary/aromatic N) is 1. The second-order valence-corrected chi connectivity index (χ2v) is 6.35. The maximum absolute atomic E-state index is 14.0. The minimum atomic E-state index is -0.438. The molecule has 1 aliphatic carbocycles. The SMILES string of the molecule is O=C(c1cccc(Br)c1F)N1CCC2CCCCC21. The van der Waals surface area contributed by atoms with E-state index in [4.69, 9.17) is 0 Å². The Kier molecular flexibility index (Phi) is 3.61. The van der Waals surface area contributed by atoms with Crippen LogP contribution in [-0.2, 0) is 0 Å². The lowest BCUT2D eigenvalue weighted by Gasteiger charge is -2.31. The van der Waals surface area contributed by atoms with Gasteiger partial charge in [0.2, 0.25) is 0 Å². The molecule has 0 radical (unpaired) electrons. The van der Waals surface area contributed by atoms with E-state index in [1.165, 1.54) is 19.3 Å². The highest BCUT2D eigenvalue weighted by atomic mass is 79.9. The van der Waals surface area contributed by atoms with E-state index in [2.05, 4.69) is 15.9 Å². The maximum Gasteiger partial charge on any atom is 0.257 e. The predicted molar refractivity (Wildman–Crippen MR) is 75.5 cm³/mol. The van der Waals surface area contributed by atoms with Crippen LogP contribution in [0.15, 0.2) is 22.7 Å². The first kappa shape index (κ1) is 13.1. The average Bonchev–Trinajstić information content (AvgIpc) is 2.85. The standard InChI is InChI=1S/C15H17BrFNO/c16-12-6-3-5-11(14(12)17)15(19)18-9-8-10-4-1-2-7-13(10)18/h3,5-6,10,13H,1-2,4,7-9H2. The quantitative estimate of drug-likeness (QED) is 0.764. The van der Waals surface area contributed by atoms with Crippen LogP contribution in [-0.4, -0.2) is 23.4 Å². The van der Waals surface area contributed by atoms with Crippen LogP contribution in [0.25, 0.3) is 0 Å². The van der Waals surface area contributed by atoms with Gasteiger partial charge < -0.3 is 4.90 Å². The second-order valence-electron chi connectivity index (χ2n) is 5.50. The van der Waals surface area contributed by atoms with Crippen LogP contribution in [0.5, 0.6) is 0 Å². The Morgan fingerprint density at radius 1 is 1.26 bits per heavy atom. The summed E-state index contributed by atoms with van der Waals surface area (Å²) in [6, 6.07) is 5.26. The summed E-state index contributed by atoms with van der Waals surface area (Å²) in [5.41, 5.74) is 0.195. The summed E-state index contributed by atoms with van der Waals surface area (Å²) in [6.07, 6.45) is 5.83. The van der Waals surface area contributed by atoms with E-state index < -0.39 is 5.82 Å². The van der Waals surface area contributed by atoms with Crippen LogP contribution in [0.2, 0.25) is 0 Å². The molecule has 0 spiro atoms. The van der Waals surface area contributed by atoms with Gasteiger partial charge in [0, 0.05) is 12.6 Å². The molecule has 1 saturated carbocycles. The van der Waals surface area contributed by atoms with Crippen molar-refractivity contribution in [1.82, 2.24) is 4.90 Å². The molecular formula is C15H17BrFNO. The first-order valence-electron chi connectivity index (χ1n) is 6.93. The van der Waals surface area contributed by atoms with Gasteiger partial charge in [-0.3, -0.25) is 4.79 Å². The Balaban J connectivity index is 1.86. The molecule has 2 unspecified atom stereocenters. The lowest BCUT2D eigenvalue weighted by atomic mass is 9.85. The third-order valence-corrected chi connectivity index (χ3v) is 5.07. The zero-order chi connectivity index (χ0) is 13.4. The number of amides is 1. The van der Waals surface area contributed by atoms with Gasteiger partial charge in [0.05, 0.1) is 10.0 Å². The topological polar surface area (TPSA) is 20.3 Å². The highest BCUT2D eigenvalue weighted by Gasteiger charge is 2.39. The summed E-state index contributed by atoms with van der Waals surface area (Å²) in [5, 5.41) is 0. The molecule has 1 aliphatic heterocycles. The normalized spacial score (nSPS) is 26.3. The molecular weight excluding hydrogens is 309 g/mol. The monoisotopic (exact) mass is 325 g/mol. The van der Waals surface area contributed by atoms with Gasteiger partial charge in [-0.1, -0.05) is 18.9 Å². The Hall–Kier alpha value is -0.900. The van der Waals surface area contributed by atoms with Crippen LogP contribution in [0.1, 0.15) is 42.5 Å². The van der Waals surface area contributed by atoms with E-state index in [9.17, 15) is 9.18 Å². The lowest BCUT2D eigenvalue weighted by Crippen LogP contribution is -2.39. The fourth-order valence-electron chi connectivity index (χ4n) is 3.48. The molecule has 2 aliphatic rings. The van der Waals surface area contributed by atoms with Crippen molar-refractivity contribution < 1.29 is 9.18 Å². The van der Waals surface area contributed by atoms with Crippen molar-refractivity contribution in [2.45, 2.75) is 38.1 Å². The van der Waals surface area contributed by atoms with Crippen molar-refractivity contribution in [2.75, 3.05) is 6.54 Å². The number of halogens is 2. The second kappa shape index (κ2) is 5.23. The summed E-state index contributed by atoms with van der Waals surface area (Å²) in [5.74, 6) is 0.0490. The number of carbonyl (C=O) groups is 1. The fourth-order valence-corrected chi connectivity index (χ4v) is 3.85. The van der Waals surface area contributed by atoms with Gasteiger partial charge in [0.1, 0.15) is 5.82 Å². The van der Waals surface area contributed by atoms with E-state index in [0.29, 0.717) is 16.4 Å². The number of carbonyl (C=O) groups excluding carboxylic acids is 1. The van der Waals surface area contributed by atoms with E-state index in [0.717, 1.165) is 19.4 Å². The van der Waals surface area contributed by atoms with Crippen LogP contribution in [0, 0.1) is 11.7 Å². The highest BCUT2D eigenvalue weighted by Crippen LogP contribution is 2.37. The van der Waals surface area contributed by atoms with Gasteiger partial charge in [0.25, 0.3) is 5.91 Å². The van der Waals surface area contributed by atoms with E-state index in [-0.39, 0.29) is 11.5 Å². The number of likely N-dealkylation sites (tertiary alicyclic amines) is 1. The summed E-state index contributed by atoms with van der Waals surface area (Å²) >= 11 is 3.15.